The number of carbonyl (C=O) groups is 3. The molecular weight excluding hydrogens is 274 g/mol. The fraction of sp³-hybridized carbons (Fsp3) is 0.786. The molecule has 0 spiro atoms. The van der Waals surface area contributed by atoms with Crippen LogP contribution in [0.3, 0.4) is 0 Å². The van der Waals surface area contributed by atoms with Crippen LogP contribution in [0.15, 0.2) is 0 Å². The summed E-state index contributed by atoms with van der Waals surface area (Å²) in [6.45, 7) is 1.79. The van der Waals surface area contributed by atoms with Crippen molar-refractivity contribution in [1.82, 2.24) is 15.5 Å². The van der Waals surface area contributed by atoms with E-state index in [9.17, 15) is 14.4 Å². The SMILES string of the molecule is O=C(O)CCC1CCN(CC(=O)NC(=O)NC2CC2)CC1. The van der Waals surface area contributed by atoms with Crippen molar-refractivity contribution in [3.63, 3.8) is 0 Å². The molecule has 3 amide bonds. The van der Waals surface area contributed by atoms with Crippen LogP contribution in [0.25, 0.3) is 0 Å². The molecule has 0 bridgehead atoms. The Kier molecular flexibility index (Phi) is 5.55. The van der Waals surface area contributed by atoms with Gasteiger partial charge < -0.3 is 10.4 Å². The van der Waals surface area contributed by atoms with Crippen molar-refractivity contribution in [3.8, 4) is 0 Å². The standard InChI is InChI=1S/C14H23N3O4/c18-12(16-14(21)15-11-2-3-11)9-17-7-5-10(6-8-17)1-4-13(19)20/h10-11H,1-9H2,(H,19,20)(H2,15,16,18,21). The van der Waals surface area contributed by atoms with Crippen LogP contribution in [-0.2, 0) is 9.59 Å². The summed E-state index contributed by atoms with van der Waals surface area (Å²) in [4.78, 5) is 35.7. The second kappa shape index (κ2) is 7.40. The molecule has 1 saturated heterocycles. The van der Waals surface area contributed by atoms with E-state index in [4.69, 9.17) is 5.11 Å². The number of rotatable bonds is 6. The summed E-state index contributed by atoms with van der Waals surface area (Å²) in [5, 5.41) is 13.7. The minimum absolute atomic E-state index is 0.215. The summed E-state index contributed by atoms with van der Waals surface area (Å²) in [7, 11) is 0. The van der Waals surface area contributed by atoms with Gasteiger partial charge in [-0.1, -0.05) is 0 Å². The predicted molar refractivity (Wildman–Crippen MR) is 75.7 cm³/mol. The molecular formula is C14H23N3O4. The molecule has 0 radical (unpaired) electrons. The van der Waals surface area contributed by atoms with Crippen molar-refractivity contribution in [2.75, 3.05) is 19.6 Å². The van der Waals surface area contributed by atoms with Gasteiger partial charge in [0.1, 0.15) is 0 Å². The summed E-state index contributed by atoms with van der Waals surface area (Å²) < 4.78 is 0. The summed E-state index contributed by atoms with van der Waals surface area (Å²) in [5.41, 5.74) is 0. The van der Waals surface area contributed by atoms with Crippen molar-refractivity contribution in [2.45, 2.75) is 44.6 Å². The fourth-order valence-electron chi connectivity index (χ4n) is 2.58. The molecule has 2 rings (SSSR count). The number of nitrogens with zero attached hydrogens (tertiary/aromatic N) is 1. The maximum Gasteiger partial charge on any atom is 0.321 e. The van der Waals surface area contributed by atoms with E-state index in [-0.39, 0.29) is 24.9 Å². The van der Waals surface area contributed by atoms with E-state index in [1.54, 1.807) is 0 Å². The summed E-state index contributed by atoms with van der Waals surface area (Å²) in [6.07, 6.45) is 4.73. The zero-order chi connectivity index (χ0) is 15.2. The Bertz CT molecular complexity index is 401. The van der Waals surface area contributed by atoms with E-state index in [0.29, 0.717) is 12.3 Å². The number of imide groups is 1. The molecule has 0 aromatic heterocycles. The number of carboxylic acid groups (broad SMARTS) is 1. The van der Waals surface area contributed by atoms with Crippen LogP contribution in [0.1, 0.15) is 38.5 Å². The van der Waals surface area contributed by atoms with Gasteiger partial charge in [-0.05, 0) is 51.1 Å². The number of urea groups is 1. The van der Waals surface area contributed by atoms with Gasteiger partial charge in [0.15, 0.2) is 0 Å². The number of carboxylic acids is 1. The van der Waals surface area contributed by atoms with Crippen molar-refractivity contribution in [3.05, 3.63) is 0 Å². The van der Waals surface area contributed by atoms with Crippen LogP contribution >= 0.6 is 0 Å². The lowest BCUT2D eigenvalue weighted by molar-refractivity contribution is -0.137. The van der Waals surface area contributed by atoms with Gasteiger partial charge in [-0.25, -0.2) is 4.79 Å². The Hall–Kier alpha value is -1.63. The minimum atomic E-state index is -0.751. The van der Waals surface area contributed by atoms with Crippen LogP contribution in [-0.4, -0.2) is 53.6 Å². The zero-order valence-corrected chi connectivity index (χ0v) is 12.1. The second-order valence-corrected chi connectivity index (χ2v) is 5.95. The zero-order valence-electron chi connectivity index (χ0n) is 12.1. The van der Waals surface area contributed by atoms with E-state index in [1.165, 1.54) is 0 Å². The molecule has 7 heteroatoms. The lowest BCUT2D eigenvalue weighted by Gasteiger charge is -2.31. The van der Waals surface area contributed by atoms with Crippen LogP contribution in [0, 0.1) is 5.92 Å². The van der Waals surface area contributed by atoms with Gasteiger partial charge in [0, 0.05) is 12.5 Å². The first-order chi connectivity index (χ1) is 10.0. The number of carbonyl (C=O) groups excluding carboxylic acids is 2. The van der Waals surface area contributed by atoms with Gasteiger partial charge in [0.05, 0.1) is 6.54 Å². The quantitative estimate of drug-likeness (QED) is 0.665. The van der Waals surface area contributed by atoms with Crippen LogP contribution in [0.2, 0.25) is 0 Å². The van der Waals surface area contributed by atoms with Crippen LogP contribution < -0.4 is 10.6 Å². The highest BCUT2D eigenvalue weighted by atomic mass is 16.4. The average Bonchev–Trinajstić information content (AvgIpc) is 3.21. The molecule has 1 aliphatic heterocycles. The molecule has 0 aromatic rings. The van der Waals surface area contributed by atoms with Gasteiger partial charge >= 0.3 is 12.0 Å². The first kappa shape index (κ1) is 15.8. The third kappa shape index (κ3) is 6.12. The van der Waals surface area contributed by atoms with Gasteiger partial charge in [0.25, 0.3) is 0 Å². The molecule has 1 aliphatic carbocycles. The van der Waals surface area contributed by atoms with Crippen molar-refractivity contribution in [1.29, 1.82) is 0 Å². The Morgan fingerprint density at radius 3 is 2.33 bits per heavy atom. The van der Waals surface area contributed by atoms with Gasteiger partial charge in [0.2, 0.25) is 5.91 Å². The molecule has 118 valence electrons. The van der Waals surface area contributed by atoms with Gasteiger partial charge in [-0.15, -0.1) is 0 Å². The monoisotopic (exact) mass is 297 g/mol. The molecule has 2 fully saturated rings. The fourth-order valence-corrected chi connectivity index (χ4v) is 2.58. The van der Waals surface area contributed by atoms with Crippen molar-refractivity contribution >= 4 is 17.9 Å². The third-order valence-corrected chi connectivity index (χ3v) is 4.01. The average molecular weight is 297 g/mol. The van der Waals surface area contributed by atoms with E-state index in [1.807, 2.05) is 4.90 Å². The summed E-state index contributed by atoms with van der Waals surface area (Å²) in [6, 6.07) is -0.165. The lowest BCUT2D eigenvalue weighted by atomic mass is 9.92. The molecule has 2 aliphatic rings. The maximum atomic E-state index is 11.7. The highest BCUT2D eigenvalue weighted by molar-refractivity contribution is 5.95. The van der Waals surface area contributed by atoms with E-state index >= 15 is 0 Å². The summed E-state index contributed by atoms with van der Waals surface area (Å²) >= 11 is 0. The Morgan fingerprint density at radius 2 is 1.76 bits per heavy atom. The number of aliphatic carboxylic acids is 1. The van der Waals surface area contributed by atoms with Crippen LogP contribution in [0.5, 0.6) is 0 Å². The second-order valence-electron chi connectivity index (χ2n) is 5.95. The molecule has 1 saturated carbocycles. The van der Waals surface area contributed by atoms with Gasteiger partial charge in [-0.2, -0.15) is 0 Å². The van der Waals surface area contributed by atoms with E-state index in [2.05, 4.69) is 10.6 Å². The van der Waals surface area contributed by atoms with Crippen molar-refractivity contribution < 1.29 is 19.5 Å². The predicted octanol–water partition coefficient (Wildman–Crippen LogP) is 0.551. The number of hydrogen-bond donors (Lipinski definition) is 3. The van der Waals surface area contributed by atoms with Crippen LogP contribution in [0.4, 0.5) is 4.79 Å². The molecule has 21 heavy (non-hydrogen) atoms. The summed E-state index contributed by atoms with van der Waals surface area (Å²) in [5.74, 6) is -0.603. The Labute approximate surface area is 124 Å². The number of hydrogen-bond acceptors (Lipinski definition) is 4. The topological polar surface area (TPSA) is 98.7 Å². The molecule has 3 N–H and O–H groups in total. The smallest absolute Gasteiger partial charge is 0.321 e. The number of piperidine rings is 1. The first-order valence-electron chi connectivity index (χ1n) is 7.57. The maximum absolute atomic E-state index is 11.7. The van der Waals surface area contributed by atoms with E-state index < -0.39 is 12.0 Å². The first-order valence-corrected chi connectivity index (χ1v) is 7.57. The molecule has 0 aromatic carbocycles. The molecule has 0 atom stereocenters. The molecule has 0 unspecified atom stereocenters. The molecule has 7 nitrogen and oxygen atoms in total. The lowest BCUT2D eigenvalue weighted by Crippen LogP contribution is -2.46. The minimum Gasteiger partial charge on any atom is -0.481 e. The van der Waals surface area contributed by atoms with E-state index in [0.717, 1.165) is 38.8 Å². The van der Waals surface area contributed by atoms with Gasteiger partial charge in [-0.3, -0.25) is 19.8 Å². The highest BCUT2D eigenvalue weighted by Gasteiger charge is 2.25. The molecule has 1 heterocycles. The number of nitrogens with one attached hydrogen (secondary N) is 2. The third-order valence-electron chi connectivity index (χ3n) is 4.01. The normalized spacial score (nSPS) is 20.0. The number of likely N-dealkylation sites (tertiary alicyclic amines) is 1. The Balaban J connectivity index is 1.59. The van der Waals surface area contributed by atoms with Crippen molar-refractivity contribution in [2.24, 2.45) is 5.92 Å². The number of amides is 3. The highest BCUT2D eigenvalue weighted by Crippen LogP contribution is 2.21. The Morgan fingerprint density at radius 1 is 1.10 bits per heavy atom. The largest absolute Gasteiger partial charge is 0.481 e.